The van der Waals surface area contributed by atoms with Crippen LogP contribution in [0.3, 0.4) is 0 Å². The van der Waals surface area contributed by atoms with Crippen molar-refractivity contribution in [1.82, 2.24) is 0 Å². The van der Waals surface area contributed by atoms with Gasteiger partial charge < -0.3 is 20.1 Å². The highest BCUT2D eigenvalue weighted by Crippen LogP contribution is 2.66. The van der Waals surface area contributed by atoms with Gasteiger partial charge in [-0.05, 0) is 48.6 Å². The molecule has 6 unspecified atom stereocenters. The first-order valence-corrected chi connectivity index (χ1v) is 16.4. The minimum atomic E-state index is -2.85. The Hall–Kier alpha value is -4.93. The first-order chi connectivity index (χ1) is 24.8. The Morgan fingerprint density at radius 1 is 0.868 bits per heavy atom. The van der Waals surface area contributed by atoms with Gasteiger partial charge >= 0.3 is 5.97 Å². The lowest BCUT2D eigenvalue weighted by Gasteiger charge is -2.50. The molecule has 276 valence electrons. The maximum Gasteiger partial charge on any atom is 0.339 e. The van der Waals surface area contributed by atoms with Crippen LogP contribution in [0.4, 0.5) is 33.3 Å². The smallest absolute Gasteiger partial charge is 0.339 e. The fourth-order valence-corrected chi connectivity index (χ4v) is 9.11. The lowest BCUT2D eigenvalue weighted by molar-refractivity contribution is -0.125. The number of aromatic hydroxyl groups is 2. The predicted molar refractivity (Wildman–Crippen MR) is 174 cm³/mol. The summed E-state index contributed by atoms with van der Waals surface area (Å²) in [5, 5.41) is 29.7. The van der Waals surface area contributed by atoms with Crippen LogP contribution in [0.25, 0.3) is 0 Å². The van der Waals surface area contributed by atoms with Gasteiger partial charge in [-0.25, -0.2) is 36.5 Å². The molecule has 0 aromatic heterocycles. The van der Waals surface area contributed by atoms with Gasteiger partial charge in [-0.2, -0.15) is 0 Å². The van der Waals surface area contributed by atoms with Crippen molar-refractivity contribution < 1.29 is 66.0 Å². The molecule has 2 heterocycles. The van der Waals surface area contributed by atoms with E-state index in [0.717, 1.165) is 37.4 Å². The predicted octanol–water partition coefficient (Wildman–Crippen LogP) is 5.92. The second-order valence-electron chi connectivity index (χ2n) is 12.8. The first-order valence-electron chi connectivity index (χ1n) is 15.3. The van der Waals surface area contributed by atoms with Crippen molar-refractivity contribution >= 4 is 75.8 Å². The third-order valence-corrected chi connectivity index (χ3v) is 12.0. The number of ether oxygens (including phenoxy) is 1. The Morgan fingerprint density at radius 2 is 1.49 bits per heavy atom. The number of hydrogen-bond acceptors (Lipinski definition) is 8. The van der Waals surface area contributed by atoms with Crippen LogP contribution in [0.2, 0.25) is 5.02 Å². The summed E-state index contributed by atoms with van der Waals surface area (Å²) in [4.78, 5) is 62.9. The SMILES string of the molecule is COc1cc(C2C3=CCC4C(=O)N(c5ccc(C(=O)O)c(O)c5)C(=O)C4C3CC3(Cl)C(=O)N(c4c(F)c(F)c(F)c(F)c4F)C(=O)C23Cl)cc(Cl)c1O. The molecule has 7 rings (SSSR count). The summed E-state index contributed by atoms with van der Waals surface area (Å²) in [6, 6.07) is 5.19. The van der Waals surface area contributed by atoms with Gasteiger partial charge in [0.2, 0.25) is 17.6 Å². The average Bonchev–Trinajstić information content (AvgIpc) is 3.45. The Labute approximate surface area is 308 Å². The molecule has 4 amide bonds. The van der Waals surface area contributed by atoms with Crippen molar-refractivity contribution in [2.45, 2.75) is 28.5 Å². The molecule has 3 N–H and O–H groups in total. The minimum absolute atomic E-state index is 0.0915. The summed E-state index contributed by atoms with van der Waals surface area (Å²) in [5.41, 5.74) is -2.71. The number of nitrogens with zero attached hydrogens (tertiary/aromatic N) is 2. The summed E-state index contributed by atoms with van der Waals surface area (Å²) >= 11 is 20.5. The van der Waals surface area contributed by atoms with Gasteiger partial charge in [0.05, 0.1) is 29.7 Å². The van der Waals surface area contributed by atoms with Crippen molar-refractivity contribution in [2.24, 2.45) is 17.8 Å². The molecule has 0 radical (unpaired) electrons. The number of carbonyl (C=O) groups is 5. The number of rotatable bonds is 5. The fraction of sp³-hybridized carbons (Fsp3) is 0.265. The number of fused-ring (bicyclic) bond motifs is 4. The molecule has 0 bridgehead atoms. The number of allylic oxidation sites excluding steroid dienone is 2. The van der Waals surface area contributed by atoms with E-state index < -0.39 is 121 Å². The van der Waals surface area contributed by atoms with Gasteiger partial charge in [-0.3, -0.25) is 19.2 Å². The van der Waals surface area contributed by atoms with Crippen LogP contribution in [0.5, 0.6) is 17.2 Å². The first kappa shape index (κ1) is 36.4. The largest absolute Gasteiger partial charge is 0.507 e. The number of phenols is 2. The van der Waals surface area contributed by atoms with E-state index in [1.165, 1.54) is 6.08 Å². The Kier molecular flexibility index (Phi) is 8.28. The lowest BCUT2D eigenvalue weighted by atomic mass is 9.56. The number of aromatic carboxylic acids is 1. The highest BCUT2D eigenvalue weighted by molar-refractivity contribution is 6.58. The maximum atomic E-state index is 15.2. The molecule has 4 aliphatic rings. The molecule has 19 heteroatoms. The van der Waals surface area contributed by atoms with Crippen LogP contribution < -0.4 is 14.5 Å². The highest BCUT2D eigenvalue weighted by atomic mass is 35.5. The Balaban J connectivity index is 1.43. The number of methoxy groups -OCH3 is 1. The molecule has 2 aliphatic carbocycles. The molecule has 3 aromatic carbocycles. The summed E-state index contributed by atoms with van der Waals surface area (Å²) in [6.07, 6.45) is 0.432. The molecule has 3 aromatic rings. The number of halogens is 8. The van der Waals surface area contributed by atoms with Gasteiger partial charge in [0, 0.05) is 12.0 Å². The van der Waals surface area contributed by atoms with Crippen LogP contribution in [-0.4, -0.2) is 61.8 Å². The van der Waals surface area contributed by atoms with Gasteiger partial charge in [0.1, 0.15) is 17.0 Å². The molecular formula is C34H20Cl3F5N2O9. The number of carboxylic acids is 1. The number of carbonyl (C=O) groups excluding carboxylic acids is 4. The van der Waals surface area contributed by atoms with Crippen LogP contribution in [0, 0.1) is 46.8 Å². The van der Waals surface area contributed by atoms with Crippen LogP contribution in [0.1, 0.15) is 34.7 Å². The third kappa shape index (κ3) is 4.67. The number of benzene rings is 3. The molecule has 3 fully saturated rings. The molecule has 2 aliphatic heterocycles. The number of alkyl halides is 2. The van der Waals surface area contributed by atoms with E-state index in [-0.39, 0.29) is 38.9 Å². The number of phenolic OH excluding ortho intramolecular Hbond substituents is 1. The number of imide groups is 2. The Bertz CT molecular complexity index is 2260. The second kappa shape index (κ2) is 12.0. The van der Waals surface area contributed by atoms with E-state index in [2.05, 4.69) is 0 Å². The summed E-state index contributed by atoms with van der Waals surface area (Å²) < 4.78 is 78.6. The molecule has 6 atom stereocenters. The van der Waals surface area contributed by atoms with E-state index in [1.54, 1.807) is 0 Å². The van der Waals surface area contributed by atoms with E-state index in [1.807, 2.05) is 0 Å². The van der Waals surface area contributed by atoms with E-state index in [9.17, 15) is 52.5 Å². The fourth-order valence-electron chi connectivity index (χ4n) is 7.95. The number of carboxylic acid groups (broad SMARTS) is 1. The van der Waals surface area contributed by atoms with E-state index in [0.29, 0.717) is 4.90 Å². The molecule has 0 spiro atoms. The molecule has 11 nitrogen and oxygen atoms in total. The quantitative estimate of drug-likeness (QED) is 0.0711. The molecular weight excluding hydrogens is 782 g/mol. The summed E-state index contributed by atoms with van der Waals surface area (Å²) in [6.45, 7) is 0. The standard InChI is InChI=1S/C34H20Cl3F5N2O9/c1-53-18-7-10(6-16(35)27(18)46)20-12-4-5-14-19(29(48)43(28(14)47)11-2-3-13(30(49)50)17(45)8-11)15(12)9-33(36)31(51)44(32(52)34(20,33)37)26-24(41)22(39)21(38)23(40)25(26)42/h2-4,6-8,14-15,19-20,45-46H,5,9H2,1H3,(H,49,50). The van der Waals surface area contributed by atoms with Crippen LogP contribution >= 0.6 is 34.8 Å². The zero-order valence-corrected chi connectivity index (χ0v) is 28.7. The Morgan fingerprint density at radius 3 is 2.08 bits per heavy atom. The summed E-state index contributed by atoms with van der Waals surface area (Å²) in [5.74, 6) is -26.4. The van der Waals surface area contributed by atoms with Gasteiger partial charge in [0.15, 0.2) is 44.5 Å². The minimum Gasteiger partial charge on any atom is -0.507 e. The van der Waals surface area contributed by atoms with Gasteiger partial charge in [-0.15, -0.1) is 23.2 Å². The van der Waals surface area contributed by atoms with Gasteiger partial charge in [-0.1, -0.05) is 23.3 Å². The van der Waals surface area contributed by atoms with Crippen molar-refractivity contribution in [2.75, 3.05) is 16.9 Å². The van der Waals surface area contributed by atoms with Crippen molar-refractivity contribution in [1.29, 1.82) is 0 Å². The second-order valence-corrected chi connectivity index (χ2v) is 14.4. The third-order valence-electron chi connectivity index (χ3n) is 10.3. The van der Waals surface area contributed by atoms with Crippen LogP contribution in [-0.2, 0) is 19.2 Å². The molecule has 1 saturated carbocycles. The monoisotopic (exact) mass is 800 g/mol. The zero-order chi connectivity index (χ0) is 38.8. The van der Waals surface area contributed by atoms with Crippen molar-refractivity contribution in [3.05, 3.63) is 87.2 Å². The highest BCUT2D eigenvalue weighted by Gasteiger charge is 2.77. The van der Waals surface area contributed by atoms with Crippen LogP contribution in [0.15, 0.2) is 42.0 Å². The maximum absolute atomic E-state index is 15.2. The number of anilines is 2. The molecule has 53 heavy (non-hydrogen) atoms. The van der Waals surface area contributed by atoms with Crippen molar-refractivity contribution in [3.8, 4) is 17.2 Å². The number of hydrogen-bond donors (Lipinski definition) is 3. The summed E-state index contributed by atoms with van der Waals surface area (Å²) in [7, 11) is 1.14. The molecule has 2 saturated heterocycles. The normalized spacial score (nSPS) is 27.8. The number of amides is 4. The topological polar surface area (TPSA) is 162 Å². The van der Waals surface area contributed by atoms with E-state index >= 15 is 8.78 Å². The average molecular weight is 802 g/mol. The lowest BCUT2D eigenvalue weighted by Crippen LogP contribution is -2.60. The zero-order valence-electron chi connectivity index (χ0n) is 26.4. The van der Waals surface area contributed by atoms with Gasteiger partial charge in [0.25, 0.3) is 11.8 Å². The van der Waals surface area contributed by atoms with Crippen molar-refractivity contribution in [3.63, 3.8) is 0 Å². The van der Waals surface area contributed by atoms with E-state index in [4.69, 9.17) is 39.5 Å².